The number of carbonyl (C=O) groups excluding carboxylic acids is 1. The number of carbonyl (C=O) groups is 1. The minimum absolute atomic E-state index is 0.0231. The minimum Gasteiger partial charge on any atom is -0.383 e. The van der Waals surface area contributed by atoms with Crippen LogP contribution in [0, 0.1) is 0 Å². The van der Waals surface area contributed by atoms with Crippen LogP contribution in [0.25, 0.3) is 11.0 Å². The number of nitrogens with one attached hydrogen (secondary N) is 1. The molecule has 3 rings (SSSR count). The highest BCUT2D eigenvalue weighted by atomic mass is 32.2. The van der Waals surface area contributed by atoms with Crippen molar-refractivity contribution >= 4 is 32.8 Å². The van der Waals surface area contributed by atoms with Crippen LogP contribution < -0.4 is 21.7 Å². The summed E-state index contributed by atoms with van der Waals surface area (Å²) < 4.78 is 29.0. The number of fused-ring (bicyclic) bond motifs is 1. The molecular weight excluding hydrogens is 398 g/mol. The molecule has 3 aromatic rings. The van der Waals surface area contributed by atoms with Crippen molar-refractivity contribution in [3.63, 3.8) is 0 Å². The molecule has 2 heterocycles. The summed E-state index contributed by atoms with van der Waals surface area (Å²) in [6.45, 7) is 1.68. The lowest BCUT2D eigenvalue weighted by Gasteiger charge is -2.15. The second kappa shape index (κ2) is 7.17. The fourth-order valence-electron chi connectivity index (χ4n) is 3.12. The van der Waals surface area contributed by atoms with Crippen LogP contribution in [0.15, 0.2) is 44.8 Å². The van der Waals surface area contributed by atoms with E-state index in [1.165, 1.54) is 38.4 Å². The maximum Gasteiger partial charge on any atom is 0.332 e. The summed E-state index contributed by atoms with van der Waals surface area (Å²) in [5.74, 6) is -1.29. The third-order valence-electron chi connectivity index (χ3n) is 4.58. The zero-order valence-corrected chi connectivity index (χ0v) is 16.8. The molecule has 2 aromatic heterocycles. The number of benzene rings is 1. The van der Waals surface area contributed by atoms with Crippen molar-refractivity contribution in [2.45, 2.75) is 18.2 Å². The molecule has 10 nitrogen and oxygen atoms in total. The number of sulfonamides is 1. The van der Waals surface area contributed by atoms with Gasteiger partial charge in [-0.3, -0.25) is 18.7 Å². The Labute approximate surface area is 165 Å². The molecule has 1 amide bonds. The van der Waals surface area contributed by atoms with E-state index < -0.39 is 27.2 Å². The number of nitrogens with two attached hydrogens (primary N) is 1. The van der Waals surface area contributed by atoms with E-state index in [0.717, 1.165) is 9.13 Å². The normalized spacial score (nSPS) is 11.6. The molecule has 29 heavy (non-hydrogen) atoms. The van der Waals surface area contributed by atoms with Crippen LogP contribution in [0.4, 0.5) is 5.82 Å². The van der Waals surface area contributed by atoms with Gasteiger partial charge >= 0.3 is 5.69 Å². The zero-order chi connectivity index (χ0) is 21.5. The molecular formula is C18H19N5O5S. The second-order valence-corrected chi connectivity index (χ2v) is 8.04. The van der Waals surface area contributed by atoms with Gasteiger partial charge in [-0.1, -0.05) is 25.1 Å². The van der Waals surface area contributed by atoms with Crippen LogP contribution in [-0.4, -0.2) is 28.4 Å². The lowest BCUT2D eigenvalue weighted by molar-refractivity contribution is 0.0981. The van der Waals surface area contributed by atoms with Crippen molar-refractivity contribution in [1.82, 2.24) is 18.8 Å². The Hall–Kier alpha value is -3.47. The molecule has 0 bridgehead atoms. The van der Waals surface area contributed by atoms with E-state index in [1.54, 1.807) is 13.0 Å². The Balaban J connectivity index is 2.25. The predicted octanol–water partition coefficient (Wildman–Crippen LogP) is -0.104. The Bertz CT molecular complexity index is 1360. The molecule has 0 fully saturated rings. The van der Waals surface area contributed by atoms with Crippen molar-refractivity contribution in [3.8, 4) is 0 Å². The van der Waals surface area contributed by atoms with E-state index in [9.17, 15) is 22.8 Å². The van der Waals surface area contributed by atoms with Gasteiger partial charge in [0.15, 0.2) is 5.65 Å². The van der Waals surface area contributed by atoms with Gasteiger partial charge in [-0.25, -0.2) is 22.9 Å². The number of hydrogen-bond donors (Lipinski definition) is 2. The smallest absolute Gasteiger partial charge is 0.332 e. The van der Waals surface area contributed by atoms with Crippen molar-refractivity contribution < 1.29 is 13.2 Å². The molecule has 0 unspecified atom stereocenters. The lowest BCUT2D eigenvalue weighted by atomic mass is 10.0. The molecule has 0 saturated heterocycles. The lowest BCUT2D eigenvalue weighted by Crippen LogP contribution is -2.39. The number of amides is 1. The van der Waals surface area contributed by atoms with Crippen molar-refractivity contribution in [1.29, 1.82) is 0 Å². The molecule has 152 valence electrons. The fraction of sp³-hybridized carbons (Fsp3) is 0.222. The van der Waals surface area contributed by atoms with Crippen molar-refractivity contribution in [2.75, 3.05) is 5.73 Å². The second-order valence-electron chi connectivity index (χ2n) is 6.36. The van der Waals surface area contributed by atoms with Crippen LogP contribution in [0.3, 0.4) is 0 Å². The third kappa shape index (κ3) is 3.29. The first-order chi connectivity index (χ1) is 13.6. The van der Waals surface area contributed by atoms with E-state index in [0.29, 0.717) is 0 Å². The molecule has 3 N–H and O–H groups in total. The van der Waals surface area contributed by atoms with E-state index in [4.69, 9.17) is 5.73 Å². The summed E-state index contributed by atoms with van der Waals surface area (Å²) in [6, 6.07) is 7.36. The highest BCUT2D eigenvalue weighted by Gasteiger charge is 2.26. The Morgan fingerprint density at radius 3 is 2.34 bits per heavy atom. The first-order valence-corrected chi connectivity index (χ1v) is 10.1. The number of anilines is 1. The van der Waals surface area contributed by atoms with Gasteiger partial charge in [-0.15, -0.1) is 0 Å². The third-order valence-corrected chi connectivity index (χ3v) is 5.93. The highest BCUT2D eigenvalue weighted by Crippen LogP contribution is 2.23. The monoisotopic (exact) mass is 417 g/mol. The summed E-state index contributed by atoms with van der Waals surface area (Å²) in [4.78, 5) is 41.6. The van der Waals surface area contributed by atoms with E-state index in [-0.39, 0.29) is 39.3 Å². The van der Waals surface area contributed by atoms with Gasteiger partial charge in [0.2, 0.25) is 0 Å². The number of nitrogen functional groups attached to an aromatic ring is 1. The van der Waals surface area contributed by atoms with Gasteiger partial charge in [-0.2, -0.15) is 0 Å². The zero-order valence-electron chi connectivity index (χ0n) is 16.0. The Morgan fingerprint density at radius 2 is 1.76 bits per heavy atom. The number of aromatic nitrogens is 3. The largest absolute Gasteiger partial charge is 0.383 e. The highest BCUT2D eigenvalue weighted by molar-refractivity contribution is 7.90. The van der Waals surface area contributed by atoms with Crippen molar-refractivity contribution in [2.24, 2.45) is 14.1 Å². The SMILES string of the molecule is CCc1c(C(=O)NS(=O)(=O)c2ccccc2)c(N)nc2c1c(=O)n(C)c(=O)n2C. The average Bonchev–Trinajstić information content (AvgIpc) is 2.69. The van der Waals surface area contributed by atoms with Crippen molar-refractivity contribution in [3.05, 3.63) is 62.3 Å². The quantitative estimate of drug-likeness (QED) is 0.602. The number of hydrogen-bond acceptors (Lipinski definition) is 7. The van der Waals surface area contributed by atoms with Crippen LogP contribution >= 0.6 is 0 Å². The van der Waals surface area contributed by atoms with Gasteiger partial charge in [0.25, 0.3) is 21.5 Å². The maximum absolute atomic E-state index is 12.8. The van der Waals surface area contributed by atoms with E-state index in [1.807, 2.05) is 4.72 Å². The van der Waals surface area contributed by atoms with Crippen LogP contribution in [0.5, 0.6) is 0 Å². The Kier molecular flexibility index (Phi) is 5.01. The van der Waals surface area contributed by atoms with Gasteiger partial charge in [-0.05, 0) is 24.1 Å². The van der Waals surface area contributed by atoms with Gasteiger partial charge in [0, 0.05) is 14.1 Å². The molecule has 1 aromatic carbocycles. The van der Waals surface area contributed by atoms with E-state index in [2.05, 4.69) is 4.98 Å². The van der Waals surface area contributed by atoms with E-state index >= 15 is 0 Å². The van der Waals surface area contributed by atoms with Gasteiger partial charge in [0.1, 0.15) is 5.82 Å². The summed E-state index contributed by atoms with van der Waals surface area (Å²) in [6.07, 6.45) is 0.185. The predicted molar refractivity (Wildman–Crippen MR) is 107 cm³/mol. The standard InChI is InChI=1S/C18H19N5O5S/c1-4-11-12(16(24)21-29(27,28)10-8-6-5-7-9-10)14(19)20-15-13(11)17(25)23(3)18(26)22(15)2/h5-9H,4H2,1-3H3,(H2,19,20)(H,21,24). The number of aryl methyl sites for hydroxylation is 2. The summed E-state index contributed by atoms with van der Waals surface area (Å²) in [5, 5.41) is 0.0357. The first-order valence-electron chi connectivity index (χ1n) is 8.60. The molecule has 0 aliphatic heterocycles. The summed E-state index contributed by atoms with van der Waals surface area (Å²) in [7, 11) is -1.43. The summed E-state index contributed by atoms with van der Waals surface area (Å²) in [5.41, 5.74) is 4.72. The number of nitrogens with zero attached hydrogens (tertiary/aromatic N) is 3. The molecule has 0 atom stereocenters. The fourth-order valence-corrected chi connectivity index (χ4v) is 4.10. The van der Waals surface area contributed by atoms with Gasteiger partial charge in [0.05, 0.1) is 15.8 Å². The molecule has 0 saturated carbocycles. The number of rotatable bonds is 4. The maximum atomic E-state index is 12.8. The van der Waals surface area contributed by atoms with Crippen LogP contribution in [0.1, 0.15) is 22.8 Å². The molecule has 0 aliphatic carbocycles. The number of pyridine rings is 1. The average molecular weight is 417 g/mol. The molecule has 11 heteroatoms. The van der Waals surface area contributed by atoms with Crippen LogP contribution in [-0.2, 0) is 30.5 Å². The first kappa shape index (κ1) is 20.3. The topological polar surface area (TPSA) is 146 Å². The summed E-state index contributed by atoms with van der Waals surface area (Å²) >= 11 is 0. The van der Waals surface area contributed by atoms with Gasteiger partial charge < -0.3 is 5.73 Å². The Morgan fingerprint density at radius 1 is 1.14 bits per heavy atom. The van der Waals surface area contributed by atoms with Crippen LogP contribution in [0.2, 0.25) is 0 Å². The molecule has 0 radical (unpaired) electrons. The minimum atomic E-state index is -4.16. The molecule has 0 spiro atoms. The molecule has 0 aliphatic rings.